The molecule has 4 rings (SSSR count). The molecular weight excluding hydrogens is 530 g/mol. The molecule has 0 aromatic heterocycles. The number of aliphatic carboxylic acids is 3. The first-order chi connectivity index (χ1) is 19.2. The molecule has 0 heterocycles. The third-order valence-electron chi connectivity index (χ3n) is 9.38. The number of nitrogens with one attached hydrogen (secondary N) is 1. The SMILES string of the molecule is C[C@@H]1Cc2cc(O)ccc2C2CCC3(C)/C(=C/COCC[NH+](C)C)CCC3C21.O=C([O-])CC(O)(CC(=O)O)C(=O)O. The number of aliphatic hydroxyl groups is 1. The summed E-state index contributed by atoms with van der Waals surface area (Å²) in [5.41, 5.74) is 2.14. The molecule has 3 aliphatic carbocycles. The lowest BCUT2D eigenvalue weighted by Gasteiger charge is -2.52. The maximum absolute atomic E-state index is 10.3. The molecule has 10 heteroatoms. The van der Waals surface area contributed by atoms with Crippen LogP contribution in [-0.2, 0) is 25.5 Å². The topological polar surface area (TPSA) is 169 Å². The summed E-state index contributed by atoms with van der Waals surface area (Å²) >= 11 is 0. The number of allylic oxidation sites excluding steroid dienone is 1. The van der Waals surface area contributed by atoms with Crippen LogP contribution in [0.25, 0.3) is 0 Å². The fourth-order valence-corrected chi connectivity index (χ4v) is 7.37. The summed E-state index contributed by atoms with van der Waals surface area (Å²) in [5.74, 6) is -1.97. The van der Waals surface area contributed by atoms with Crippen LogP contribution in [0.15, 0.2) is 29.8 Å². The molecule has 2 saturated carbocycles. The Balaban J connectivity index is 0.000000302. The highest BCUT2D eigenvalue weighted by Gasteiger charge is 2.54. The predicted octanol–water partition coefficient (Wildman–Crippen LogP) is 0.999. The first kappa shape index (κ1) is 32.6. The number of ether oxygens (including phenoxy) is 1. The minimum Gasteiger partial charge on any atom is -0.550 e. The van der Waals surface area contributed by atoms with Crippen molar-refractivity contribution < 1.29 is 49.6 Å². The molecule has 228 valence electrons. The molecule has 0 bridgehead atoms. The Morgan fingerprint density at radius 2 is 1.90 bits per heavy atom. The number of aromatic hydroxyl groups is 1. The summed E-state index contributed by atoms with van der Waals surface area (Å²) in [6.45, 7) is 7.67. The Kier molecular flexibility index (Phi) is 10.6. The summed E-state index contributed by atoms with van der Waals surface area (Å²) in [4.78, 5) is 31.8. The molecule has 0 aliphatic heterocycles. The lowest BCUT2D eigenvalue weighted by molar-refractivity contribution is -0.858. The van der Waals surface area contributed by atoms with Crippen LogP contribution in [-0.4, -0.2) is 77.8 Å². The van der Waals surface area contributed by atoms with E-state index < -0.39 is 36.4 Å². The van der Waals surface area contributed by atoms with E-state index in [-0.39, 0.29) is 0 Å². The zero-order chi connectivity index (χ0) is 30.5. The molecule has 6 atom stereocenters. The second-order valence-corrected chi connectivity index (χ2v) is 12.6. The van der Waals surface area contributed by atoms with Gasteiger partial charge in [-0.3, -0.25) is 4.79 Å². The van der Waals surface area contributed by atoms with Gasteiger partial charge in [-0.15, -0.1) is 0 Å². The minimum atomic E-state index is -2.80. The standard InChI is InChI=1S/C25H37NO2.C6H8O7/c1-17-15-18-16-20(27)6-7-21(18)22-9-11-25(2)19(5-8-23(25)24(17)22)10-13-28-14-12-26(3)4;7-3(8)1-6(13,5(11)12)2-4(9)10/h6-7,10,16-17,22-24,27H,5,8-9,11-15H2,1-4H3;13H,1-2H2,(H,7,8)(H,9,10)(H,11,12)/b19-10+;/t17-,22?,23?,24?,25?;/m1./s1. The lowest BCUT2D eigenvalue weighted by atomic mass is 9.52. The maximum Gasteiger partial charge on any atom is 0.336 e. The van der Waals surface area contributed by atoms with Crippen LogP contribution >= 0.6 is 0 Å². The molecule has 0 spiro atoms. The van der Waals surface area contributed by atoms with E-state index in [1.165, 1.54) is 41.7 Å². The molecule has 2 fully saturated rings. The number of hydrogen-bond acceptors (Lipinski definition) is 7. The van der Waals surface area contributed by atoms with Crippen molar-refractivity contribution in [1.29, 1.82) is 0 Å². The number of likely N-dealkylation sites (N-methyl/N-ethyl adjacent to an activating group) is 1. The van der Waals surface area contributed by atoms with E-state index >= 15 is 0 Å². The number of carboxylic acids is 3. The van der Waals surface area contributed by atoms with Crippen molar-refractivity contribution in [1.82, 2.24) is 0 Å². The van der Waals surface area contributed by atoms with Gasteiger partial charge < -0.3 is 40.0 Å². The zero-order valence-corrected chi connectivity index (χ0v) is 24.5. The van der Waals surface area contributed by atoms with E-state index in [1.807, 2.05) is 12.1 Å². The third kappa shape index (κ3) is 7.67. The normalized spacial score (nSPS) is 29.0. The second kappa shape index (κ2) is 13.4. The Bertz CT molecular complexity index is 1130. The first-order valence-electron chi connectivity index (χ1n) is 14.4. The van der Waals surface area contributed by atoms with Gasteiger partial charge in [-0.25, -0.2) is 4.79 Å². The number of hydrogen-bond donors (Lipinski definition) is 5. The van der Waals surface area contributed by atoms with Crippen molar-refractivity contribution in [2.75, 3.05) is 33.9 Å². The highest BCUT2D eigenvalue weighted by atomic mass is 16.5. The number of phenolic OH excluding ortho intramolecular Hbond substituents is 1. The second-order valence-electron chi connectivity index (χ2n) is 12.6. The van der Waals surface area contributed by atoms with Crippen LogP contribution in [0.3, 0.4) is 0 Å². The average molecular weight is 576 g/mol. The van der Waals surface area contributed by atoms with Crippen molar-refractivity contribution in [3.63, 3.8) is 0 Å². The summed E-state index contributed by atoms with van der Waals surface area (Å²) in [7, 11) is 4.35. The molecule has 5 N–H and O–H groups in total. The van der Waals surface area contributed by atoms with Gasteiger partial charge in [-0.1, -0.05) is 31.6 Å². The molecule has 41 heavy (non-hydrogen) atoms. The molecular formula is C31H45NO9. The van der Waals surface area contributed by atoms with Crippen molar-refractivity contribution in [2.45, 2.75) is 70.3 Å². The van der Waals surface area contributed by atoms with Gasteiger partial charge in [-0.05, 0) is 84.5 Å². The quantitative estimate of drug-likeness (QED) is 0.202. The van der Waals surface area contributed by atoms with Crippen LogP contribution in [0.4, 0.5) is 0 Å². The van der Waals surface area contributed by atoms with Crippen molar-refractivity contribution >= 4 is 17.9 Å². The fourth-order valence-electron chi connectivity index (χ4n) is 7.37. The van der Waals surface area contributed by atoms with Gasteiger partial charge in [0.25, 0.3) is 0 Å². The fraction of sp³-hybridized carbons (Fsp3) is 0.645. The number of rotatable bonds is 10. The highest BCUT2D eigenvalue weighted by molar-refractivity contribution is 5.87. The molecule has 3 aliphatic rings. The predicted molar refractivity (Wildman–Crippen MR) is 148 cm³/mol. The van der Waals surface area contributed by atoms with Crippen LogP contribution < -0.4 is 10.0 Å². The molecule has 0 amide bonds. The first-order valence-corrected chi connectivity index (χ1v) is 14.4. The van der Waals surface area contributed by atoms with E-state index in [0.29, 0.717) is 23.0 Å². The maximum atomic E-state index is 10.3. The number of benzene rings is 1. The van der Waals surface area contributed by atoms with Gasteiger partial charge in [0.15, 0.2) is 5.60 Å². The Morgan fingerprint density at radius 3 is 2.51 bits per heavy atom. The van der Waals surface area contributed by atoms with Crippen LogP contribution in [0, 0.1) is 23.2 Å². The highest BCUT2D eigenvalue weighted by Crippen LogP contribution is 2.63. The third-order valence-corrected chi connectivity index (χ3v) is 9.38. The van der Waals surface area contributed by atoms with Gasteiger partial charge in [0.1, 0.15) is 12.3 Å². The number of phenols is 1. The van der Waals surface area contributed by atoms with Crippen LogP contribution in [0.5, 0.6) is 5.75 Å². The summed E-state index contributed by atoms with van der Waals surface area (Å²) in [5, 5.41) is 45.4. The number of carbonyl (C=O) groups is 3. The average Bonchev–Trinajstić information content (AvgIpc) is 3.18. The molecule has 5 unspecified atom stereocenters. The zero-order valence-electron chi connectivity index (χ0n) is 24.5. The van der Waals surface area contributed by atoms with E-state index in [9.17, 15) is 24.6 Å². The van der Waals surface area contributed by atoms with E-state index in [0.717, 1.165) is 38.0 Å². The van der Waals surface area contributed by atoms with Crippen LogP contribution in [0.1, 0.15) is 69.4 Å². The number of quaternary nitrogens is 1. The van der Waals surface area contributed by atoms with E-state index in [2.05, 4.69) is 40.1 Å². The molecule has 1 aromatic rings. The molecule has 0 saturated heterocycles. The number of fused-ring (bicyclic) bond motifs is 5. The Morgan fingerprint density at radius 1 is 1.20 bits per heavy atom. The van der Waals surface area contributed by atoms with Crippen LogP contribution in [0.2, 0.25) is 0 Å². The van der Waals surface area contributed by atoms with Gasteiger partial charge in [0.2, 0.25) is 0 Å². The Labute approximate surface area is 241 Å². The van der Waals surface area contributed by atoms with Crippen molar-refractivity contribution in [3.8, 4) is 5.75 Å². The molecule has 10 nitrogen and oxygen atoms in total. The lowest BCUT2D eigenvalue weighted by Crippen LogP contribution is -3.06. The van der Waals surface area contributed by atoms with Gasteiger partial charge in [0, 0.05) is 12.4 Å². The number of carbonyl (C=O) groups excluding carboxylic acids is 1. The minimum absolute atomic E-state index is 0.361. The van der Waals surface area contributed by atoms with Crippen molar-refractivity contribution in [2.24, 2.45) is 23.2 Å². The van der Waals surface area contributed by atoms with Gasteiger partial charge in [0.05, 0.1) is 33.7 Å². The van der Waals surface area contributed by atoms with E-state index in [1.54, 1.807) is 5.57 Å². The van der Waals surface area contributed by atoms with Crippen molar-refractivity contribution in [3.05, 3.63) is 41.0 Å². The van der Waals surface area contributed by atoms with Gasteiger partial charge in [-0.2, -0.15) is 0 Å². The van der Waals surface area contributed by atoms with E-state index in [4.69, 9.17) is 20.1 Å². The summed E-state index contributed by atoms with van der Waals surface area (Å²) in [6.07, 6.45) is 6.26. The summed E-state index contributed by atoms with van der Waals surface area (Å²) in [6, 6.07) is 6.12. The monoisotopic (exact) mass is 575 g/mol. The molecule has 1 aromatic carbocycles. The van der Waals surface area contributed by atoms with Gasteiger partial charge >= 0.3 is 11.9 Å². The molecule has 0 radical (unpaired) electrons. The number of carboxylic acid groups (broad SMARTS) is 3. The smallest absolute Gasteiger partial charge is 0.336 e. The Hall–Kier alpha value is -2.95. The summed E-state index contributed by atoms with van der Waals surface area (Å²) < 4.78 is 5.90. The largest absolute Gasteiger partial charge is 0.550 e.